The molecule has 1 aliphatic heterocycles. The van der Waals surface area contributed by atoms with E-state index in [-0.39, 0.29) is 11.7 Å². The van der Waals surface area contributed by atoms with Gasteiger partial charge < -0.3 is 15.3 Å². The first-order valence-electron chi connectivity index (χ1n) is 6.32. The summed E-state index contributed by atoms with van der Waals surface area (Å²) >= 11 is 0. The van der Waals surface area contributed by atoms with Crippen molar-refractivity contribution in [3.8, 4) is 5.75 Å². The van der Waals surface area contributed by atoms with Crippen LogP contribution in [0.1, 0.15) is 29.8 Å². The van der Waals surface area contributed by atoms with Crippen molar-refractivity contribution in [3.63, 3.8) is 0 Å². The standard InChI is InChI=1S/C14H20N2O2/c1-9-4-5-12(6-13(9)17)14(18)16-7-10(2)15-11(3)8-16/h4-6,10-11,15,17H,7-8H2,1-3H3. The summed E-state index contributed by atoms with van der Waals surface area (Å²) in [7, 11) is 0. The fraction of sp³-hybridized carbons (Fsp3) is 0.500. The number of phenolic OH excluding ortho intramolecular Hbond substituents is 1. The van der Waals surface area contributed by atoms with Crippen LogP contribution >= 0.6 is 0 Å². The minimum absolute atomic E-state index is 0.00880. The molecule has 98 valence electrons. The second kappa shape index (κ2) is 4.98. The monoisotopic (exact) mass is 248 g/mol. The van der Waals surface area contributed by atoms with Crippen LogP contribution in [0, 0.1) is 6.92 Å². The summed E-state index contributed by atoms with van der Waals surface area (Å²) in [5.41, 5.74) is 1.34. The Hall–Kier alpha value is -1.55. The van der Waals surface area contributed by atoms with Gasteiger partial charge in [0.1, 0.15) is 5.75 Å². The number of nitrogens with one attached hydrogen (secondary N) is 1. The zero-order valence-corrected chi connectivity index (χ0v) is 11.1. The van der Waals surface area contributed by atoms with E-state index in [0.29, 0.717) is 30.7 Å². The van der Waals surface area contributed by atoms with Crippen LogP contribution in [-0.2, 0) is 0 Å². The molecule has 0 bridgehead atoms. The zero-order valence-electron chi connectivity index (χ0n) is 11.1. The lowest BCUT2D eigenvalue weighted by atomic mass is 10.1. The smallest absolute Gasteiger partial charge is 0.254 e. The highest BCUT2D eigenvalue weighted by Crippen LogP contribution is 2.19. The summed E-state index contributed by atoms with van der Waals surface area (Å²) in [4.78, 5) is 14.2. The number of aryl methyl sites for hydroxylation is 1. The van der Waals surface area contributed by atoms with Crippen molar-refractivity contribution in [3.05, 3.63) is 29.3 Å². The van der Waals surface area contributed by atoms with Gasteiger partial charge in [-0.1, -0.05) is 6.07 Å². The molecule has 0 radical (unpaired) electrons. The number of amides is 1. The number of hydrogen-bond donors (Lipinski definition) is 2. The van der Waals surface area contributed by atoms with Gasteiger partial charge in [-0.05, 0) is 38.5 Å². The second-order valence-electron chi connectivity index (χ2n) is 5.18. The Morgan fingerprint density at radius 2 is 1.94 bits per heavy atom. The van der Waals surface area contributed by atoms with E-state index in [1.807, 2.05) is 11.8 Å². The Bertz CT molecular complexity index is 449. The first kappa shape index (κ1) is 12.9. The van der Waals surface area contributed by atoms with Gasteiger partial charge in [0.15, 0.2) is 0 Å². The average molecular weight is 248 g/mol. The fourth-order valence-electron chi connectivity index (χ4n) is 2.42. The van der Waals surface area contributed by atoms with Gasteiger partial charge in [0.25, 0.3) is 5.91 Å². The summed E-state index contributed by atoms with van der Waals surface area (Å²) in [5.74, 6) is 0.169. The van der Waals surface area contributed by atoms with Gasteiger partial charge in [-0.3, -0.25) is 4.79 Å². The molecule has 0 spiro atoms. The zero-order chi connectivity index (χ0) is 13.3. The number of rotatable bonds is 1. The third kappa shape index (κ3) is 2.64. The summed E-state index contributed by atoms with van der Waals surface area (Å²) < 4.78 is 0. The summed E-state index contributed by atoms with van der Waals surface area (Å²) in [6.07, 6.45) is 0. The molecule has 1 fully saturated rings. The normalized spacial score (nSPS) is 24.1. The molecule has 1 heterocycles. The Labute approximate surface area is 108 Å². The molecule has 1 amide bonds. The molecular weight excluding hydrogens is 228 g/mol. The first-order chi connectivity index (χ1) is 8.47. The predicted molar refractivity (Wildman–Crippen MR) is 70.8 cm³/mol. The molecule has 2 N–H and O–H groups in total. The second-order valence-corrected chi connectivity index (χ2v) is 5.18. The van der Waals surface area contributed by atoms with E-state index in [2.05, 4.69) is 19.2 Å². The van der Waals surface area contributed by atoms with Crippen LogP contribution in [0.3, 0.4) is 0 Å². The Balaban J connectivity index is 2.17. The number of aromatic hydroxyl groups is 1. The molecule has 18 heavy (non-hydrogen) atoms. The van der Waals surface area contributed by atoms with E-state index < -0.39 is 0 Å². The lowest BCUT2D eigenvalue weighted by molar-refractivity contribution is 0.0673. The third-order valence-electron chi connectivity index (χ3n) is 3.30. The molecule has 2 atom stereocenters. The van der Waals surface area contributed by atoms with Gasteiger partial charge in [-0.2, -0.15) is 0 Å². The highest BCUT2D eigenvalue weighted by molar-refractivity contribution is 5.94. The van der Waals surface area contributed by atoms with Gasteiger partial charge in [0.05, 0.1) is 0 Å². The molecule has 1 saturated heterocycles. The van der Waals surface area contributed by atoms with E-state index >= 15 is 0 Å². The molecule has 4 nitrogen and oxygen atoms in total. The quantitative estimate of drug-likeness (QED) is 0.792. The number of carbonyl (C=O) groups is 1. The number of carbonyl (C=O) groups excluding carboxylic acids is 1. The van der Waals surface area contributed by atoms with E-state index in [9.17, 15) is 9.90 Å². The molecule has 2 unspecified atom stereocenters. The number of hydrogen-bond acceptors (Lipinski definition) is 3. The molecule has 2 rings (SSSR count). The number of benzene rings is 1. The minimum Gasteiger partial charge on any atom is -0.508 e. The van der Waals surface area contributed by atoms with Crippen molar-refractivity contribution in [2.75, 3.05) is 13.1 Å². The molecule has 0 aliphatic carbocycles. The maximum atomic E-state index is 12.3. The lowest BCUT2D eigenvalue weighted by Gasteiger charge is -2.36. The highest BCUT2D eigenvalue weighted by Gasteiger charge is 2.25. The van der Waals surface area contributed by atoms with Gasteiger partial charge in [0.2, 0.25) is 0 Å². The first-order valence-corrected chi connectivity index (χ1v) is 6.32. The van der Waals surface area contributed by atoms with Crippen LogP contribution in [0.4, 0.5) is 0 Å². The van der Waals surface area contributed by atoms with Crippen molar-refractivity contribution in [2.45, 2.75) is 32.9 Å². The number of nitrogens with zero attached hydrogens (tertiary/aromatic N) is 1. The molecule has 1 aliphatic rings. The summed E-state index contributed by atoms with van der Waals surface area (Å²) in [6.45, 7) is 7.37. The summed E-state index contributed by atoms with van der Waals surface area (Å²) in [6, 6.07) is 5.70. The largest absolute Gasteiger partial charge is 0.508 e. The molecule has 4 heteroatoms. The van der Waals surface area contributed by atoms with E-state index in [4.69, 9.17) is 0 Å². The van der Waals surface area contributed by atoms with Crippen LogP contribution in [0.5, 0.6) is 5.75 Å². The van der Waals surface area contributed by atoms with Crippen molar-refractivity contribution in [2.24, 2.45) is 0 Å². The van der Waals surface area contributed by atoms with Gasteiger partial charge in [-0.25, -0.2) is 0 Å². The van der Waals surface area contributed by atoms with Gasteiger partial charge >= 0.3 is 0 Å². The SMILES string of the molecule is Cc1ccc(C(=O)N2CC(C)NC(C)C2)cc1O. The molecule has 0 aromatic heterocycles. The maximum Gasteiger partial charge on any atom is 0.254 e. The Morgan fingerprint density at radius 3 is 2.50 bits per heavy atom. The molecule has 1 aromatic rings. The van der Waals surface area contributed by atoms with Gasteiger partial charge in [-0.15, -0.1) is 0 Å². The van der Waals surface area contributed by atoms with Crippen LogP contribution in [0.25, 0.3) is 0 Å². The van der Waals surface area contributed by atoms with Crippen LogP contribution in [-0.4, -0.2) is 41.1 Å². The van der Waals surface area contributed by atoms with Crippen molar-refractivity contribution in [1.82, 2.24) is 10.2 Å². The third-order valence-corrected chi connectivity index (χ3v) is 3.30. The summed E-state index contributed by atoms with van der Waals surface area (Å²) in [5, 5.41) is 13.1. The van der Waals surface area contributed by atoms with E-state index in [1.165, 1.54) is 0 Å². The predicted octanol–water partition coefficient (Wildman–Crippen LogP) is 1.52. The van der Waals surface area contributed by atoms with Crippen molar-refractivity contribution in [1.29, 1.82) is 0 Å². The lowest BCUT2D eigenvalue weighted by Crippen LogP contribution is -2.55. The Kier molecular flexibility index (Phi) is 3.57. The maximum absolute atomic E-state index is 12.3. The van der Waals surface area contributed by atoms with E-state index in [0.717, 1.165) is 5.56 Å². The Morgan fingerprint density at radius 1 is 1.33 bits per heavy atom. The fourth-order valence-corrected chi connectivity index (χ4v) is 2.42. The topological polar surface area (TPSA) is 52.6 Å². The number of piperazine rings is 1. The van der Waals surface area contributed by atoms with Crippen molar-refractivity contribution >= 4 is 5.91 Å². The average Bonchev–Trinajstić information content (AvgIpc) is 2.30. The molecule has 1 aromatic carbocycles. The van der Waals surface area contributed by atoms with Crippen molar-refractivity contribution < 1.29 is 9.90 Å². The minimum atomic E-state index is -0.00880. The van der Waals surface area contributed by atoms with Crippen LogP contribution in [0.2, 0.25) is 0 Å². The molecular formula is C14H20N2O2. The van der Waals surface area contributed by atoms with Crippen LogP contribution < -0.4 is 5.32 Å². The van der Waals surface area contributed by atoms with Crippen LogP contribution in [0.15, 0.2) is 18.2 Å². The number of phenols is 1. The highest BCUT2D eigenvalue weighted by atomic mass is 16.3. The molecule has 0 saturated carbocycles. The van der Waals surface area contributed by atoms with Gasteiger partial charge in [0, 0.05) is 30.7 Å². The van der Waals surface area contributed by atoms with E-state index in [1.54, 1.807) is 18.2 Å².